The van der Waals surface area contributed by atoms with E-state index < -0.39 is 0 Å². The van der Waals surface area contributed by atoms with Crippen LogP contribution in [-0.2, 0) is 11.5 Å². The molecule has 0 radical (unpaired) electrons. The molecule has 4 heteroatoms. The van der Waals surface area contributed by atoms with Crippen LogP contribution in [0.5, 0.6) is 0 Å². The minimum absolute atomic E-state index is 0.546. The summed E-state index contributed by atoms with van der Waals surface area (Å²) in [4.78, 5) is 9.30. The first-order valence-corrected chi connectivity index (χ1v) is 7.62. The van der Waals surface area contributed by atoms with Crippen LogP contribution in [0.3, 0.4) is 0 Å². The van der Waals surface area contributed by atoms with E-state index in [1.807, 2.05) is 11.8 Å². The van der Waals surface area contributed by atoms with Gasteiger partial charge in [0, 0.05) is 23.0 Å². The summed E-state index contributed by atoms with van der Waals surface area (Å²) in [6.45, 7) is 2.34. The minimum Gasteiger partial charge on any atom is -0.383 e. The van der Waals surface area contributed by atoms with Crippen LogP contribution in [0.1, 0.15) is 55.6 Å². The summed E-state index contributed by atoms with van der Waals surface area (Å²) >= 11 is 1.89. The van der Waals surface area contributed by atoms with Gasteiger partial charge in [-0.25, -0.2) is 9.97 Å². The van der Waals surface area contributed by atoms with Crippen molar-refractivity contribution in [3.05, 3.63) is 17.1 Å². The van der Waals surface area contributed by atoms with E-state index in [-0.39, 0.29) is 0 Å². The minimum atomic E-state index is 0.546. The van der Waals surface area contributed by atoms with Crippen LogP contribution in [0.4, 0.5) is 5.82 Å². The number of thioether (sulfide) groups is 1. The molecule has 0 spiro atoms. The largest absolute Gasteiger partial charge is 0.383 e. The Morgan fingerprint density at radius 2 is 1.88 bits per heavy atom. The third-order valence-corrected chi connectivity index (χ3v) is 4.98. The lowest BCUT2D eigenvalue weighted by atomic mass is 9.82. The molecule has 92 valence electrons. The van der Waals surface area contributed by atoms with Gasteiger partial charge < -0.3 is 5.73 Å². The van der Waals surface area contributed by atoms with E-state index in [2.05, 4.69) is 11.9 Å². The molecule has 0 aromatic carbocycles. The number of fused-ring (bicyclic) bond motifs is 1. The molecule has 1 fully saturated rings. The highest BCUT2D eigenvalue weighted by Gasteiger charge is 2.25. The molecule has 1 aliphatic carbocycles. The number of nitrogens with two attached hydrogens (primary N) is 1. The maximum atomic E-state index is 6.04. The molecule has 0 bridgehead atoms. The Hall–Kier alpha value is -0.770. The second-order valence-corrected chi connectivity index (χ2v) is 6.33. The quantitative estimate of drug-likeness (QED) is 0.831. The topological polar surface area (TPSA) is 51.8 Å². The van der Waals surface area contributed by atoms with Gasteiger partial charge in [-0.1, -0.05) is 19.8 Å². The lowest BCUT2D eigenvalue weighted by molar-refractivity contribution is 0.339. The monoisotopic (exact) mass is 249 g/mol. The van der Waals surface area contributed by atoms with Crippen molar-refractivity contribution in [1.82, 2.24) is 9.97 Å². The van der Waals surface area contributed by atoms with Crippen LogP contribution in [0.2, 0.25) is 0 Å². The highest BCUT2D eigenvalue weighted by molar-refractivity contribution is 7.98. The molecule has 0 unspecified atom stereocenters. The van der Waals surface area contributed by atoms with E-state index in [1.54, 1.807) is 0 Å². The van der Waals surface area contributed by atoms with Gasteiger partial charge in [-0.3, -0.25) is 0 Å². The normalized spacial score (nSPS) is 28.1. The summed E-state index contributed by atoms with van der Waals surface area (Å²) in [5, 5.41) is 0. The van der Waals surface area contributed by atoms with E-state index in [9.17, 15) is 0 Å². The first-order chi connectivity index (χ1) is 8.24. The van der Waals surface area contributed by atoms with Gasteiger partial charge in [0.25, 0.3) is 0 Å². The highest BCUT2D eigenvalue weighted by Crippen LogP contribution is 2.37. The van der Waals surface area contributed by atoms with Gasteiger partial charge in [-0.05, 0) is 18.8 Å². The van der Waals surface area contributed by atoms with Crippen molar-refractivity contribution >= 4 is 17.6 Å². The van der Waals surface area contributed by atoms with Crippen molar-refractivity contribution in [3.8, 4) is 0 Å². The fraction of sp³-hybridized carbons (Fsp3) is 0.692. The summed E-state index contributed by atoms with van der Waals surface area (Å²) in [5.74, 6) is 5.16. The molecule has 1 saturated carbocycles. The summed E-state index contributed by atoms with van der Waals surface area (Å²) in [5.41, 5.74) is 8.42. The molecule has 2 N–H and O–H groups in total. The smallest absolute Gasteiger partial charge is 0.134 e. The fourth-order valence-corrected chi connectivity index (χ4v) is 3.85. The zero-order valence-electron chi connectivity index (χ0n) is 10.3. The Kier molecular flexibility index (Phi) is 2.99. The molecular weight excluding hydrogens is 230 g/mol. The Labute approximate surface area is 107 Å². The first-order valence-electron chi connectivity index (χ1n) is 6.47. The second kappa shape index (κ2) is 4.48. The van der Waals surface area contributed by atoms with Gasteiger partial charge in [-0.15, -0.1) is 0 Å². The summed E-state index contributed by atoms with van der Waals surface area (Å²) in [6.07, 6.45) is 5.07. The number of hydrogen-bond acceptors (Lipinski definition) is 4. The third kappa shape index (κ3) is 2.15. The molecule has 2 heterocycles. The summed E-state index contributed by atoms with van der Waals surface area (Å²) in [6, 6.07) is 0. The molecule has 3 rings (SSSR count). The van der Waals surface area contributed by atoms with Crippen molar-refractivity contribution in [2.75, 3.05) is 5.73 Å². The SMILES string of the molecule is CC1CCC(c2nc(N)c3c(n2)CSC3)CC1. The van der Waals surface area contributed by atoms with Crippen LogP contribution in [0, 0.1) is 5.92 Å². The maximum Gasteiger partial charge on any atom is 0.134 e. The first kappa shape index (κ1) is 11.3. The van der Waals surface area contributed by atoms with Gasteiger partial charge in [0.15, 0.2) is 0 Å². The zero-order chi connectivity index (χ0) is 11.8. The molecule has 17 heavy (non-hydrogen) atoms. The molecule has 2 aliphatic rings. The molecular formula is C13H19N3S. The Morgan fingerprint density at radius 3 is 2.65 bits per heavy atom. The molecule has 0 atom stereocenters. The predicted molar refractivity (Wildman–Crippen MR) is 71.8 cm³/mol. The average molecular weight is 249 g/mol. The molecule has 1 aromatic rings. The van der Waals surface area contributed by atoms with E-state index in [4.69, 9.17) is 10.7 Å². The summed E-state index contributed by atoms with van der Waals surface area (Å²) in [7, 11) is 0. The fourth-order valence-electron chi connectivity index (χ4n) is 2.80. The highest BCUT2D eigenvalue weighted by atomic mass is 32.2. The van der Waals surface area contributed by atoms with Crippen molar-refractivity contribution in [3.63, 3.8) is 0 Å². The van der Waals surface area contributed by atoms with E-state index in [1.165, 1.54) is 36.9 Å². The molecule has 0 amide bonds. The average Bonchev–Trinajstić information content (AvgIpc) is 2.78. The van der Waals surface area contributed by atoms with E-state index in [0.29, 0.717) is 5.92 Å². The lowest BCUT2D eigenvalue weighted by Crippen LogP contribution is -2.15. The van der Waals surface area contributed by atoms with Crippen molar-refractivity contribution < 1.29 is 0 Å². The van der Waals surface area contributed by atoms with Crippen molar-refractivity contribution in [1.29, 1.82) is 0 Å². The van der Waals surface area contributed by atoms with Gasteiger partial charge in [-0.2, -0.15) is 11.8 Å². The third-order valence-electron chi connectivity index (χ3n) is 4.01. The van der Waals surface area contributed by atoms with Crippen LogP contribution < -0.4 is 5.73 Å². The zero-order valence-corrected chi connectivity index (χ0v) is 11.1. The Bertz CT molecular complexity index is 425. The van der Waals surface area contributed by atoms with Crippen molar-refractivity contribution in [2.45, 2.75) is 50.0 Å². The number of nitrogens with zero attached hydrogens (tertiary/aromatic N) is 2. The summed E-state index contributed by atoms with van der Waals surface area (Å²) < 4.78 is 0. The van der Waals surface area contributed by atoms with Crippen molar-refractivity contribution in [2.24, 2.45) is 5.92 Å². The molecule has 1 aromatic heterocycles. The number of anilines is 1. The van der Waals surface area contributed by atoms with Crippen LogP contribution in [-0.4, -0.2) is 9.97 Å². The van der Waals surface area contributed by atoms with Crippen LogP contribution in [0.25, 0.3) is 0 Å². The molecule has 0 saturated heterocycles. The standard InChI is InChI=1S/C13H19N3S/c1-8-2-4-9(5-3-8)13-15-11-7-17-6-10(11)12(14)16-13/h8-9H,2-7H2,1H3,(H2,14,15,16). The maximum absolute atomic E-state index is 6.04. The lowest BCUT2D eigenvalue weighted by Gasteiger charge is -2.25. The predicted octanol–water partition coefficient (Wildman–Crippen LogP) is 3.10. The van der Waals surface area contributed by atoms with E-state index >= 15 is 0 Å². The van der Waals surface area contributed by atoms with Gasteiger partial charge >= 0.3 is 0 Å². The number of rotatable bonds is 1. The van der Waals surface area contributed by atoms with Gasteiger partial charge in [0.1, 0.15) is 11.6 Å². The number of aromatic nitrogens is 2. The number of nitrogen functional groups attached to an aromatic ring is 1. The Balaban J connectivity index is 1.86. The Morgan fingerprint density at radius 1 is 1.12 bits per heavy atom. The molecule has 3 nitrogen and oxygen atoms in total. The number of hydrogen-bond donors (Lipinski definition) is 1. The van der Waals surface area contributed by atoms with Gasteiger partial charge in [0.05, 0.1) is 5.69 Å². The van der Waals surface area contributed by atoms with E-state index in [0.717, 1.165) is 29.1 Å². The molecule has 1 aliphatic heterocycles. The van der Waals surface area contributed by atoms with Gasteiger partial charge in [0.2, 0.25) is 0 Å². The van der Waals surface area contributed by atoms with Crippen LogP contribution >= 0.6 is 11.8 Å². The van der Waals surface area contributed by atoms with Crippen LogP contribution in [0.15, 0.2) is 0 Å². The second-order valence-electron chi connectivity index (χ2n) is 5.34.